The zero-order valence-corrected chi connectivity index (χ0v) is 10.0. The molecule has 0 unspecified atom stereocenters. The highest BCUT2D eigenvalue weighted by atomic mass is 16.5. The van der Waals surface area contributed by atoms with Crippen molar-refractivity contribution in [3.05, 3.63) is 35.9 Å². The first-order valence-electron chi connectivity index (χ1n) is 6.18. The van der Waals surface area contributed by atoms with Crippen molar-refractivity contribution >= 4 is 5.78 Å². The number of carbonyl (C=O) groups is 1. The number of Topliss-reactive ketones (excluding diaryl/α,β-unsaturated/α-hetero) is 1. The fraction of sp³-hybridized carbons (Fsp3) is 0.500. The first-order chi connectivity index (χ1) is 8.34. The predicted molar refractivity (Wildman–Crippen MR) is 66.7 cm³/mol. The van der Waals surface area contributed by atoms with E-state index < -0.39 is 0 Å². The smallest absolute Gasteiger partial charge is 0.135 e. The highest BCUT2D eigenvalue weighted by Crippen LogP contribution is 2.10. The van der Waals surface area contributed by atoms with Gasteiger partial charge in [0.25, 0.3) is 0 Å². The summed E-state index contributed by atoms with van der Waals surface area (Å²) in [7, 11) is 0. The van der Waals surface area contributed by atoms with Crippen LogP contribution in [0.4, 0.5) is 0 Å². The van der Waals surface area contributed by atoms with Crippen LogP contribution in [0.3, 0.4) is 0 Å². The van der Waals surface area contributed by atoms with Crippen molar-refractivity contribution in [2.24, 2.45) is 5.92 Å². The second-order valence-corrected chi connectivity index (χ2v) is 4.56. The van der Waals surface area contributed by atoms with E-state index in [0.29, 0.717) is 37.8 Å². The molecule has 1 fully saturated rings. The number of benzene rings is 1. The third-order valence-corrected chi connectivity index (χ3v) is 3.02. The van der Waals surface area contributed by atoms with Crippen LogP contribution in [0.5, 0.6) is 0 Å². The molecule has 1 aromatic carbocycles. The molecule has 0 bridgehead atoms. The summed E-state index contributed by atoms with van der Waals surface area (Å²) >= 11 is 0. The molecule has 3 nitrogen and oxygen atoms in total. The van der Waals surface area contributed by atoms with Crippen LogP contribution in [0.15, 0.2) is 30.3 Å². The molecule has 0 radical (unpaired) electrons. The van der Waals surface area contributed by atoms with E-state index in [1.165, 1.54) is 0 Å². The van der Waals surface area contributed by atoms with E-state index in [4.69, 9.17) is 4.74 Å². The Morgan fingerprint density at radius 3 is 2.71 bits per heavy atom. The Hall–Kier alpha value is -1.19. The van der Waals surface area contributed by atoms with Crippen molar-refractivity contribution in [3.8, 4) is 0 Å². The van der Waals surface area contributed by atoms with Gasteiger partial charge in [-0.2, -0.15) is 0 Å². The van der Waals surface area contributed by atoms with Crippen molar-refractivity contribution in [2.75, 3.05) is 19.7 Å². The summed E-state index contributed by atoms with van der Waals surface area (Å²) in [6, 6.07) is 10.0. The van der Waals surface area contributed by atoms with Crippen molar-refractivity contribution in [1.82, 2.24) is 5.32 Å². The van der Waals surface area contributed by atoms with Crippen molar-refractivity contribution in [2.45, 2.75) is 19.4 Å². The molecule has 0 aliphatic carbocycles. The summed E-state index contributed by atoms with van der Waals surface area (Å²) in [6.07, 6.45) is 1.25. The second kappa shape index (κ2) is 6.52. The lowest BCUT2D eigenvalue weighted by molar-refractivity contribution is -0.121. The van der Waals surface area contributed by atoms with Crippen molar-refractivity contribution < 1.29 is 9.53 Å². The SMILES string of the molecule is O=C(CCOCc1ccccc1)CC1CNC1. The Bertz CT molecular complexity index is 346. The van der Waals surface area contributed by atoms with Gasteiger partial charge in [0.2, 0.25) is 0 Å². The molecule has 1 aliphatic heterocycles. The average molecular weight is 233 g/mol. The number of ether oxygens (including phenoxy) is 1. The predicted octanol–water partition coefficient (Wildman–Crippen LogP) is 1.77. The molecule has 0 amide bonds. The molecule has 92 valence electrons. The van der Waals surface area contributed by atoms with E-state index in [0.717, 1.165) is 18.7 Å². The molecule has 0 spiro atoms. The Morgan fingerprint density at radius 2 is 2.06 bits per heavy atom. The number of rotatable bonds is 7. The Labute approximate surface area is 102 Å². The summed E-state index contributed by atoms with van der Waals surface area (Å²) < 4.78 is 5.49. The van der Waals surface area contributed by atoms with E-state index in [1.807, 2.05) is 30.3 Å². The summed E-state index contributed by atoms with van der Waals surface area (Å²) in [5.41, 5.74) is 1.16. The zero-order valence-electron chi connectivity index (χ0n) is 10.0. The Morgan fingerprint density at radius 1 is 1.29 bits per heavy atom. The van der Waals surface area contributed by atoms with Gasteiger partial charge in [-0.25, -0.2) is 0 Å². The van der Waals surface area contributed by atoms with E-state index in [2.05, 4.69) is 5.32 Å². The maximum absolute atomic E-state index is 11.5. The van der Waals surface area contributed by atoms with E-state index in [-0.39, 0.29) is 0 Å². The molecule has 1 aliphatic rings. The molecule has 1 heterocycles. The largest absolute Gasteiger partial charge is 0.376 e. The van der Waals surface area contributed by atoms with Crippen LogP contribution >= 0.6 is 0 Å². The summed E-state index contributed by atoms with van der Waals surface area (Å²) in [5, 5.41) is 3.17. The van der Waals surface area contributed by atoms with Crippen LogP contribution in [-0.4, -0.2) is 25.5 Å². The number of nitrogens with one attached hydrogen (secondary N) is 1. The van der Waals surface area contributed by atoms with Crippen LogP contribution in [-0.2, 0) is 16.1 Å². The molecule has 1 aromatic rings. The lowest BCUT2D eigenvalue weighted by atomic mass is 9.96. The first kappa shape index (κ1) is 12.3. The number of hydrogen-bond donors (Lipinski definition) is 1. The van der Waals surface area contributed by atoms with Crippen molar-refractivity contribution in [1.29, 1.82) is 0 Å². The van der Waals surface area contributed by atoms with Gasteiger partial charge in [-0.15, -0.1) is 0 Å². The number of hydrogen-bond acceptors (Lipinski definition) is 3. The van der Waals surface area contributed by atoms with Gasteiger partial charge in [0.05, 0.1) is 13.2 Å². The first-order valence-corrected chi connectivity index (χ1v) is 6.18. The monoisotopic (exact) mass is 233 g/mol. The normalized spacial score (nSPS) is 15.5. The molecule has 3 heteroatoms. The van der Waals surface area contributed by atoms with Crippen LogP contribution < -0.4 is 5.32 Å². The molecule has 2 rings (SSSR count). The van der Waals surface area contributed by atoms with E-state index >= 15 is 0 Å². The Kier molecular flexibility index (Phi) is 4.71. The van der Waals surface area contributed by atoms with Crippen LogP contribution in [0, 0.1) is 5.92 Å². The Balaban J connectivity index is 1.55. The van der Waals surface area contributed by atoms with Gasteiger partial charge in [0, 0.05) is 12.8 Å². The summed E-state index contributed by atoms with van der Waals surface area (Å²) in [4.78, 5) is 11.5. The lowest BCUT2D eigenvalue weighted by Gasteiger charge is -2.26. The quantitative estimate of drug-likeness (QED) is 0.729. The minimum absolute atomic E-state index is 0.324. The highest BCUT2D eigenvalue weighted by molar-refractivity contribution is 5.78. The third kappa shape index (κ3) is 4.29. The van der Waals surface area contributed by atoms with Gasteiger partial charge in [-0.05, 0) is 24.6 Å². The van der Waals surface area contributed by atoms with Gasteiger partial charge in [-0.3, -0.25) is 4.79 Å². The highest BCUT2D eigenvalue weighted by Gasteiger charge is 2.19. The molecule has 0 aromatic heterocycles. The van der Waals surface area contributed by atoms with Crippen molar-refractivity contribution in [3.63, 3.8) is 0 Å². The standard InChI is InChI=1S/C14H19NO2/c16-14(8-13-9-15-10-13)6-7-17-11-12-4-2-1-3-5-12/h1-5,13,15H,6-11H2. The molecule has 17 heavy (non-hydrogen) atoms. The summed E-state index contributed by atoms with van der Waals surface area (Å²) in [5.74, 6) is 0.890. The maximum atomic E-state index is 11.5. The topological polar surface area (TPSA) is 38.3 Å². The van der Waals surface area contributed by atoms with E-state index in [1.54, 1.807) is 0 Å². The molecular weight excluding hydrogens is 214 g/mol. The maximum Gasteiger partial charge on any atom is 0.135 e. The van der Waals surface area contributed by atoms with Gasteiger partial charge in [-0.1, -0.05) is 30.3 Å². The van der Waals surface area contributed by atoms with Crippen LogP contribution in [0.25, 0.3) is 0 Å². The molecule has 0 atom stereocenters. The molecule has 0 saturated carbocycles. The fourth-order valence-electron chi connectivity index (χ4n) is 1.87. The van der Waals surface area contributed by atoms with Gasteiger partial charge >= 0.3 is 0 Å². The second-order valence-electron chi connectivity index (χ2n) is 4.56. The van der Waals surface area contributed by atoms with Crippen LogP contribution in [0.2, 0.25) is 0 Å². The number of carbonyl (C=O) groups excluding carboxylic acids is 1. The van der Waals surface area contributed by atoms with Gasteiger partial charge in [0.1, 0.15) is 5.78 Å². The average Bonchev–Trinajstić information content (AvgIpc) is 2.31. The minimum atomic E-state index is 0.324. The minimum Gasteiger partial charge on any atom is -0.376 e. The number of ketones is 1. The van der Waals surface area contributed by atoms with Crippen LogP contribution in [0.1, 0.15) is 18.4 Å². The molecular formula is C14H19NO2. The van der Waals surface area contributed by atoms with E-state index in [9.17, 15) is 4.79 Å². The molecule has 1 N–H and O–H groups in total. The zero-order chi connectivity index (χ0) is 11.9. The third-order valence-electron chi connectivity index (χ3n) is 3.02. The molecule has 1 saturated heterocycles. The summed E-state index contributed by atoms with van der Waals surface area (Å²) in [6.45, 7) is 3.13. The van der Waals surface area contributed by atoms with Gasteiger partial charge < -0.3 is 10.1 Å². The lowest BCUT2D eigenvalue weighted by Crippen LogP contribution is -2.43. The van der Waals surface area contributed by atoms with Gasteiger partial charge in [0.15, 0.2) is 0 Å². The fourth-order valence-corrected chi connectivity index (χ4v) is 1.87.